The number of rotatable bonds is 5. The predicted octanol–water partition coefficient (Wildman–Crippen LogP) is 3.23. The maximum absolute atomic E-state index is 13.8. The first-order chi connectivity index (χ1) is 16.7. The van der Waals surface area contributed by atoms with Gasteiger partial charge in [-0.25, -0.2) is 13.8 Å². The molecule has 2 aromatic carbocycles. The highest BCUT2D eigenvalue weighted by Gasteiger charge is 2.22. The zero-order valence-electron chi connectivity index (χ0n) is 18.6. The molecular formula is C24H18FN3O6S. The summed E-state index contributed by atoms with van der Waals surface area (Å²) in [6, 6.07) is 8.46. The van der Waals surface area contributed by atoms with Gasteiger partial charge in [-0.05, 0) is 55.1 Å². The number of carbonyl (C=O) groups excluding carboxylic acids is 2. The standard InChI is InChI=1S/C24H18FN3O6S/c1-12-7-14(3-4-16(12)25)28-23(31)22-18(5-6-35-22)27(24(28)32)10-21(30)26-17-9-20-19(33-11-34-20)8-15(17)13(2)29/h3-9H,10-11H2,1-2H3,(H,26,30). The first kappa shape index (κ1) is 22.5. The fourth-order valence-electron chi connectivity index (χ4n) is 3.91. The van der Waals surface area contributed by atoms with E-state index in [2.05, 4.69) is 5.32 Å². The van der Waals surface area contributed by atoms with Crippen molar-refractivity contribution in [3.63, 3.8) is 0 Å². The van der Waals surface area contributed by atoms with E-state index >= 15 is 0 Å². The number of Topliss-reactive ketones (excluding diaryl/α,β-unsaturated/α-hetero) is 1. The van der Waals surface area contributed by atoms with Crippen LogP contribution >= 0.6 is 11.3 Å². The van der Waals surface area contributed by atoms with Gasteiger partial charge in [0.15, 0.2) is 17.3 Å². The van der Waals surface area contributed by atoms with Crippen LogP contribution in [0.5, 0.6) is 11.5 Å². The molecular weight excluding hydrogens is 477 g/mol. The monoisotopic (exact) mass is 495 g/mol. The SMILES string of the molecule is CC(=O)c1cc2c(cc1NC(=O)Cn1c(=O)n(-c3ccc(F)c(C)c3)c(=O)c3sccc31)OCO2. The number of ether oxygens (including phenoxy) is 2. The van der Waals surface area contributed by atoms with Gasteiger partial charge in [0, 0.05) is 11.6 Å². The fraction of sp³-hybridized carbons (Fsp3) is 0.167. The lowest BCUT2D eigenvalue weighted by Crippen LogP contribution is -2.40. The molecule has 0 unspecified atom stereocenters. The van der Waals surface area contributed by atoms with E-state index in [-0.39, 0.29) is 39.8 Å². The van der Waals surface area contributed by atoms with Gasteiger partial charge in [-0.15, -0.1) is 11.3 Å². The third-order valence-corrected chi connectivity index (χ3v) is 6.51. The molecule has 2 aromatic heterocycles. The van der Waals surface area contributed by atoms with Gasteiger partial charge in [0.2, 0.25) is 12.7 Å². The molecule has 1 amide bonds. The largest absolute Gasteiger partial charge is 0.454 e. The Balaban J connectivity index is 1.56. The fourth-order valence-corrected chi connectivity index (χ4v) is 4.73. The molecule has 4 aromatic rings. The molecule has 0 saturated heterocycles. The number of ketones is 1. The summed E-state index contributed by atoms with van der Waals surface area (Å²) in [6.07, 6.45) is 0. The molecule has 9 nitrogen and oxygen atoms in total. The number of fused-ring (bicyclic) bond motifs is 2. The summed E-state index contributed by atoms with van der Waals surface area (Å²) in [4.78, 5) is 51.6. The Morgan fingerprint density at radius 1 is 1.11 bits per heavy atom. The van der Waals surface area contributed by atoms with Crippen molar-refractivity contribution >= 4 is 38.9 Å². The Morgan fingerprint density at radius 2 is 1.86 bits per heavy atom. The third-order valence-electron chi connectivity index (χ3n) is 5.62. The van der Waals surface area contributed by atoms with Crippen LogP contribution in [0.15, 0.2) is 51.4 Å². The zero-order valence-corrected chi connectivity index (χ0v) is 19.4. The van der Waals surface area contributed by atoms with E-state index in [1.165, 1.54) is 48.7 Å². The van der Waals surface area contributed by atoms with Crippen molar-refractivity contribution in [2.45, 2.75) is 20.4 Å². The second-order valence-corrected chi connectivity index (χ2v) is 8.85. The minimum Gasteiger partial charge on any atom is -0.454 e. The Morgan fingerprint density at radius 3 is 2.57 bits per heavy atom. The van der Waals surface area contributed by atoms with Crippen molar-refractivity contribution < 1.29 is 23.5 Å². The quantitative estimate of drug-likeness (QED) is 0.426. The van der Waals surface area contributed by atoms with Crippen molar-refractivity contribution in [1.29, 1.82) is 0 Å². The molecule has 0 saturated carbocycles. The minimum atomic E-state index is -0.750. The number of thiophene rings is 1. The van der Waals surface area contributed by atoms with Crippen LogP contribution in [0.25, 0.3) is 15.9 Å². The van der Waals surface area contributed by atoms with E-state index in [0.29, 0.717) is 17.0 Å². The number of benzene rings is 2. The number of anilines is 1. The normalized spacial score (nSPS) is 12.2. The Kier molecular flexibility index (Phi) is 5.48. The lowest BCUT2D eigenvalue weighted by molar-refractivity contribution is -0.116. The van der Waals surface area contributed by atoms with Gasteiger partial charge in [0.05, 0.1) is 16.9 Å². The first-order valence-electron chi connectivity index (χ1n) is 10.5. The van der Waals surface area contributed by atoms with E-state index in [1.807, 2.05) is 0 Å². The molecule has 1 aliphatic heterocycles. The van der Waals surface area contributed by atoms with Gasteiger partial charge < -0.3 is 14.8 Å². The van der Waals surface area contributed by atoms with Gasteiger partial charge >= 0.3 is 5.69 Å². The summed E-state index contributed by atoms with van der Waals surface area (Å²) in [6.45, 7) is 2.45. The molecule has 5 rings (SSSR count). The smallest absolute Gasteiger partial charge is 0.336 e. The highest BCUT2D eigenvalue weighted by molar-refractivity contribution is 7.17. The van der Waals surface area contributed by atoms with Crippen molar-refractivity contribution in [3.05, 3.63) is 79.6 Å². The summed E-state index contributed by atoms with van der Waals surface area (Å²) in [5.41, 5.74) is -0.113. The minimum absolute atomic E-state index is 0.0000135. The van der Waals surface area contributed by atoms with E-state index < -0.39 is 29.5 Å². The van der Waals surface area contributed by atoms with Crippen LogP contribution in [-0.2, 0) is 11.3 Å². The molecule has 0 spiro atoms. The van der Waals surface area contributed by atoms with Crippen LogP contribution in [0.2, 0.25) is 0 Å². The maximum Gasteiger partial charge on any atom is 0.336 e. The van der Waals surface area contributed by atoms with Crippen molar-refractivity contribution in [2.24, 2.45) is 0 Å². The van der Waals surface area contributed by atoms with E-state index in [1.54, 1.807) is 11.4 Å². The van der Waals surface area contributed by atoms with Gasteiger partial charge in [0.25, 0.3) is 5.56 Å². The Hall–Kier alpha value is -4.25. The van der Waals surface area contributed by atoms with Gasteiger partial charge in [0.1, 0.15) is 17.1 Å². The second-order valence-electron chi connectivity index (χ2n) is 7.93. The summed E-state index contributed by atoms with van der Waals surface area (Å²) in [7, 11) is 0. The number of hydrogen-bond donors (Lipinski definition) is 1. The molecule has 0 radical (unpaired) electrons. The number of carbonyl (C=O) groups is 2. The number of nitrogens with one attached hydrogen (secondary N) is 1. The third kappa shape index (κ3) is 3.89. The predicted molar refractivity (Wildman–Crippen MR) is 128 cm³/mol. The molecule has 0 bridgehead atoms. The Labute approximate surface area is 200 Å². The van der Waals surface area contributed by atoms with Crippen LogP contribution in [-0.4, -0.2) is 27.6 Å². The highest BCUT2D eigenvalue weighted by atomic mass is 32.1. The number of nitrogens with zero attached hydrogens (tertiary/aromatic N) is 2. The number of aryl methyl sites for hydroxylation is 1. The van der Waals surface area contributed by atoms with Crippen LogP contribution in [0.3, 0.4) is 0 Å². The van der Waals surface area contributed by atoms with E-state index in [4.69, 9.17) is 9.47 Å². The van der Waals surface area contributed by atoms with Crippen LogP contribution in [0, 0.1) is 12.7 Å². The highest BCUT2D eigenvalue weighted by Crippen LogP contribution is 2.37. The summed E-state index contributed by atoms with van der Waals surface area (Å²) in [5, 5.41) is 4.30. The zero-order chi connectivity index (χ0) is 24.9. The van der Waals surface area contributed by atoms with Crippen molar-refractivity contribution in [2.75, 3.05) is 12.1 Å². The van der Waals surface area contributed by atoms with Crippen LogP contribution in [0.4, 0.5) is 10.1 Å². The lowest BCUT2D eigenvalue weighted by Gasteiger charge is -2.14. The van der Waals surface area contributed by atoms with E-state index in [9.17, 15) is 23.6 Å². The number of halogens is 1. The van der Waals surface area contributed by atoms with Crippen molar-refractivity contribution in [1.82, 2.24) is 9.13 Å². The first-order valence-corrected chi connectivity index (χ1v) is 11.4. The molecule has 3 heterocycles. The average Bonchev–Trinajstić information content (AvgIpc) is 3.48. The van der Waals surface area contributed by atoms with Gasteiger partial charge in [-0.3, -0.25) is 19.0 Å². The maximum atomic E-state index is 13.8. The topological polar surface area (TPSA) is 109 Å². The lowest BCUT2D eigenvalue weighted by atomic mass is 10.1. The van der Waals surface area contributed by atoms with Crippen LogP contribution < -0.4 is 26.0 Å². The molecule has 0 aliphatic carbocycles. The second kappa shape index (κ2) is 8.51. The number of hydrogen-bond acceptors (Lipinski definition) is 7. The molecule has 0 atom stereocenters. The molecule has 0 fully saturated rings. The van der Waals surface area contributed by atoms with Crippen molar-refractivity contribution in [3.8, 4) is 17.2 Å². The summed E-state index contributed by atoms with van der Waals surface area (Å²) < 4.78 is 26.8. The molecule has 11 heteroatoms. The van der Waals surface area contributed by atoms with Gasteiger partial charge in [-0.2, -0.15) is 0 Å². The van der Waals surface area contributed by atoms with E-state index in [0.717, 1.165) is 15.9 Å². The Bertz CT molecular complexity index is 1650. The molecule has 1 aliphatic rings. The van der Waals surface area contributed by atoms with Crippen LogP contribution in [0.1, 0.15) is 22.8 Å². The van der Waals surface area contributed by atoms with Gasteiger partial charge in [-0.1, -0.05) is 0 Å². The molecule has 35 heavy (non-hydrogen) atoms. The summed E-state index contributed by atoms with van der Waals surface area (Å²) in [5.74, 6) is -0.588. The summed E-state index contributed by atoms with van der Waals surface area (Å²) >= 11 is 1.13. The molecule has 178 valence electrons. The number of amides is 1. The average molecular weight is 495 g/mol. The number of aromatic nitrogens is 2. The molecule has 1 N–H and O–H groups in total.